The second kappa shape index (κ2) is 9.74. The molecule has 2 aliphatic heterocycles. The van der Waals surface area contributed by atoms with Gasteiger partial charge in [-0.1, -0.05) is 23.7 Å². The molecule has 25 heavy (non-hydrogen) atoms. The zero-order valence-corrected chi connectivity index (χ0v) is 15.8. The summed E-state index contributed by atoms with van der Waals surface area (Å²) in [4.78, 5) is 12.3. The highest BCUT2D eigenvalue weighted by Gasteiger charge is 2.35. The van der Waals surface area contributed by atoms with Gasteiger partial charge in [0.15, 0.2) is 0 Å². The number of morpholine rings is 1. The van der Waals surface area contributed by atoms with Crippen LogP contribution in [-0.2, 0) is 19.7 Å². The first kappa shape index (κ1) is 20.5. The number of hydrogen-bond donors (Lipinski definition) is 2. The van der Waals surface area contributed by atoms with Crippen molar-refractivity contribution >= 4 is 29.9 Å². The van der Waals surface area contributed by atoms with Crippen molar-refractivity contribution in [3.05, 3.63) is 34.9 Å². The van der Waals surface area contributed by atoms with Gasteiger partial charge in [-0.3, -0.25) is 4.79 Å². The van der Waals surface area contributed by atoms with Gasteiger partial charge in [-0.15, -0.1) is 12.4 Å². The standard InChI is InChI=1S/C18H25ClN2O3.ClH/c19-15-3-1-14(2-4-15)18(5-8-23-9-6-18)13-21-17(22)11-16-12-24-10-7-20-16;/h1-4,16,20H,5-13H2,(H,21,22);1H. The maximum Gasteiger partial charge on any atom is 0.221 e. The third-order valence-corrected chi connectivity index (χ3v) is 5.21. The topological polar surface area (TPSA) is 59.6 Å². The van der Waals surface area contributed by atoms with Gasteiger partial charge >= 0.3 is 0 Å². The first-order chi connectivity index (χ1) is 11.7. The maximum atomic E-state index is 12.3. The lowest BCUT2D eigenvalue weighted by Gasteiger charge is -2.38. The number of halogens is 2. The predicted molar refractivity (Wildman–Crippen MR) is 101 cm³/mol. The van der Waals surface area contributed by atoms with Crippen molar-refractivity contribution in [1.82, 2.24) is 10.6 Å². The Bertz CT molecular complexity index is 542. The van der Waals surface area contributed by atoms with Gasteiger partial charge in [0.05, 0.1) is 13.2 Å². The lowest BCUT2D eigenvalue weighted by atomic mass is 9.74. The van der Waals surface area contributed by atoms with Crippen molar-refractivity contribution in [1.29, 1.82) is 0 Å². The minimum absolute atomic E-state index is 0. The molecule has 2 fully saturated rings. The minimum atomic E-state index is -0.0744. The van der Waals surface area contributed by atoms with Crippen LogP contribution in [-0.4, -0.2) is 51.5 Å². The molecular formula is C18H26Cl2N2O3. The van der Waals surface area contributed by atoms with Crippen LogP contribution >= 0.6 is 24.0 Å². The summed E-state index contributed by atoms with van der Waals surface area (Å²) in [6.45, 7) is 4.20. The first-order valence-corrected chi connectivity index (χ1v) is 8.97. The highest BCUT2D eigenvalue weighted by atomic mass is 35.5. The number of rotatable bonds is 5. The average molecular weight is 389 g/mol. The molecular weight excluding hydrogens is 363 g/mol. The summed E-state index contributed by atoms with van der Waals surface area (Å²) in [5, 5.41) is 7.18. The predicted octanol–water partition coefficient (Wildman–Crippen LogP) is 2.30. The molecule has 2 saturated heterocycles. The zero-order chi connectivity index (χ0) is 16.8. The van der Waals surface area contributed by atoms with Crippen LogP contribution in [0.4, 0.5) is 0 Å². The molecule has 0 saturated carbocycles. The molecule has 2 heterocycles. The van der Waals surface area contributed by atoms with Gasteiger partial charge in [0.2, 0.25) is 5.91 Å². The Hall–Kier alpha value is -0.850. The summed E-state index contributed by atoms with van der Waals surface area (Å²) in [5.41, 5.74) is 1.14. The van der Waals surface area contributed by atoms with E-state index in [1.54, 1.807) is 0 Å². The molecule has 1 amide bonds. The van der Waals surface area contributed by atoms with Crippen LogP contribution < -0.4 is 10.6 Å². The van der Waals surface area contributed by atoms with Crippen molar-refractivity contribution in [3.8, 4) is 0 Å². The monoisotopic (exact) mass is 388 g/mol. The second-order valence-corrected chi connectivity index (χ2v) is 7.04. The summed E-state index contributed by atoms with van der Waals surface area (Å²) in [7, 11) is 0. The van der Waals surface area contributed by atoms with Gasteiger partial charge in [-0.25, -0.2) is 0 Å². The van der Waals surface area contributed by atoms with E-state index >= 15 is 0 Å². The highest BCUT2D eigenvalue weighted by molar-refractivity contribution is 6.30. The molecule has 7 heteroatoms. The third-order valence-electron chi connectivity index (χ3n) is 4.96. The minimum Gasteiger partial charge on any atom is -0.381 e. The normalized spacial score (nSPS) is 22.7. The molecule has 1 atom stereocenters. The van der Waals surface area contributed by atoms with Crippen molar-refractivity contribution < 1.29 is 14.3 Å². The van der Waals surface area contributed by atoms with Crippen LogP contribution in [0.5, 0.6) is 0 Å². The van der Waals surface area contributed by atoms with Crippen molar-refractivity contribution in [3.63, 3.8) is 0 Å². The third kappa shape index (κ3) is 5.56. The smallest absolute Gasteiger partial charge is 0.221 e. The lowest BCUT2D eigenvalue weighted by molar-refractivity contribution is -0.122. The fraction of sp³-hybridized carbons (Fsp3) is 0.611. The molecule has 2 N–H and O–H groups in total. The Morgan fingerprint density at radius 3 is 2.56 bits per heavy atom. The molecule has 1 aromatic rings. The molecule has 140 valence electrons. The number of ether oxygens (including phenoxy) is 2. The van der Waals surface area contributed by atoms with E-state index in [0.717, 1.165) is 44.2 Å². The van der Waals surface area contributed by atoms with Gasteiger partial charge < -0.3 is 20.1 Å². The van der Waals surface area contributed by atoms with Crippen LogP contribution in [0.1, 0.15) is 24.8 Å². The number of amides is 1. The molecule has 0 radical (unpaired) electrons. The lowest BCUT2D eigenvalue weighted by Crippen LogP contribution is -2.48. The average Bonchev–Trinajstić information content (AvgIpc) is 2.62. The van der Waals surface area contributed by atoms with Gasteiger partial charge in [0.25, 0.3) is 0 Å². The van der Waals surface area contributed by atoms with E-state index in [4.69, 9.17) is 21.1 Å². The molecule has 0 bridgehead atoms. The number of benzene rings is 1. The van der Waals surface area contributed by atoms with E-state index in [2.05, 4.69) is 22.8 Å². The fourth-order valence-corrected chi connectivity index (χ4v) is 3.57. The van der Waals surface area contributed by atoms with Crippen LogP contribution in [0, 0.1) is 0 Å². The molecule has 1 aromatic carbocycles. The summed E-state index contributed by atoms with van der Waals surface area (Å²) in [6.07, 6.45) is 2.26. The van der Waals surface area contributed by atoms with E-state index < -0.39 is 0 Å². The highest BCUT2D eigenvalue weighted by Crippen LogP contribution is 2.34. The molecule has 0 aliphatic carbocycles. The SMILES string of the molecule is Cl.O=C(CC1COCCN1)NCC1(c2ccc(Cl)cc2)CCOCC1. The van der Waals surface area contributed by atoms with E-state index in [1.165, 1.54) is 5.56 Å². The Balaban J connectivity index is 0.00000225. The summed E-state index contributed by atoms with van der Waals surface area (Å²) < 4.78 is 10.9. The van der Waals surface area contributed by atoms with Crippen molar-refractivity contribution in [2.45, 2.75) is 30.7 Å². The van der Waals surface area contributed by atoms with E-state index in [1.807, 2.05) is 12.1 Å². The fourth-order valence-electron chi connectivity index (χ4n) is 3.45. The number of hydrogen-bond acceptors (Lipinski definition) is 4. The molecule has 0 spiro atoms. The first-order valence-electron chi connectivity index (χ1n) is 8.60. The molecule has 5 nitrogen and oxygen atoms in total. The summed E-state index contributed by atoms with van der Waals surface area (Å²) >= 11 is 6.02. The van der Waals surface area contributed by atoms with Crippen LogP contribution in [0.3, 0.4) is 0 Å². The number of carbonyl (C=O) groups excluding carboxylic acids is 1. The molecule has 3 rings (SSSR count). The van der Waals surface area contributed by atoms with E-state index in [-0.39, 0.29) is 29.8 Å². The largest absolute Gasteiger partial charge is 0.381 e. The Morgan fingerprint density at radius 2 is 1.92 bits per heavy atom. The Kier molecular flexibility index (Phi) is 7.97. The van der Waals surface area contributed by atoms with Crippen molar-refractivity contribution in [2.75, 3.05) is 39.5 Å². The van der Waals surface area contributed by atoms with Crippen LogP contribution in [0.2, 0.25) is 5.02 Å². The van der Waals surface area contributed by atoms with Crippen LogP contribution in [0.15, 0.2) is 24.3 Å². The number of carbonyl (C=O) groups is 1. The van der Waals surface area contributed by atoms with Gasteiger partial charge in [0.1, 0.15) is 0 Å². The summed E-state index contributed by atoms with van der Waals surface area (Å²) in [6, 6.07) is 8.07. The van der Waals surface area contributed by atoms with E-state index in [9.17, 15) is 4.79 Å². The zero-order valence-electron chi connectivity index (χ0n) is 14.3. The van der Waals surface area contributed by atoms with Crippen molar-refractivity contribution in [2.24, 2.45) is 0 Å². The molecule has 0 aromatic heterocycles. The van der Waals surface area contributed by atoms with Gasteiger partial charge in [0, 0.05) is 49.2 Å². The van der Waals surface area contributed by atoms with Crippen LogP contribution in [0.25, 0.3) is 0 Å². The maximum absolute atomic E-state index is 12.3. The second-order valence-electron chi connectivity index (χ2n) is 6.61. The summed E-state index contributed by atoms with van der Waals surface area (Å²) in [5.74, 6) is 0.0674. The number of nitrogens with one attached hydrogen (secondary N) is 2. The molecule has 2 aliphatic rings. The quantitative estimate of drug-likeness (QED) is 0.812. The van der Waals surface area contributed by atoms with Gasteiger partial charge in [-0.05, 0) is 30.5 Å². The van der Waals surface area contributed by atoms with Gasteiger partial charge in [-0.2, -0.15) is 0 Å². The molecule has 1 unspecified atom stereocenters. The Morgan fingerprint density at radius 1 is 1.20 bits per heavy atom. The Labute approximate surface area is 160 Å². The van der Waals surface area contributed by atoms with E-state index in [0.29, 0.717) is 19.6 Å².